The summed E-state index contributed by atoms with van der Waals surface area (Å²) in [7, 11) is 0. The molecule has 1 aromatic heterocycles. The molecule has 30 heavy (non-hydrogen) atoms. The molecule has 0 aliphatic carbocycles. The summed E-state index contributed by atoms with van der Waals surface area (Å²) in [6, 6.07) is 15.7. The van der Waals surface area contributed by atoms with Crippen molar-refractivity contribution in [2.45, 2.75) is 32.2 Å². The quantitative estimate of drug-likeness (QED) is 0.607. The van der Waals surface area contributed by atoms with E-state index in [4.69, 9.17) is 16.7 Å². The second kappa shape index (κ2) is 8.98. The van der Waals surface area contributed by atoms with Crippen LogP contribution in [0, 0.1) is 0 Å². The minimum absolute atomic E-state index is 0.0844. The van der Waals surface area contributed by atoms with E-state index in [2.05, 4.69) is 4.98 Å². The van der Waals surface area contributed by atoms with Gasteiger partial charge >= 0.3 is 5.97 Å². The molecule has 0 saturated heterocycles. The van der Waals surface area contributed by atoms with Gasteiger partial charge in [-0.1, -0.05) is 48.0 Å². The molecule has 1 aliphatic heterocycles. The molecule has 1 aliphatic rings. The fourth-order valence-corrected chi connectivity index (χ4v) is 4.78. The number of benzene rings is 2. The van der Waals surface area contributed by atoms with Gasteiger partial charge in [-0.15, -0.1) is 11.3 Å². The molecular weight excluding hydrogens is 420 g/mol. The van der Waals surface area contributed by atoms with Crippen molar-refractivity contribution in [2.24, 2.45) is 0 Å². The minimum Gasteiger partial charge on any atom is -0.481 e. The SMILES string of the molecule is O=C(O)CCc1nc2c(s1)CN(C(=O)Cc1ccc(-c3ccc(Cl)cc3)cc1)CC2. The van der Waals surface area contributed by atoms with Crippen molar-refractivity contribution in [1.29, 1.82) is 0 Å². The van der Waals surface area contributed by atoms with Crippen LogP contribution in [0.25, 0.3) is 11.1 Å². The molecule has 0 fully saturated rings. The molecule has 2 aromatic carbocycles. The Kier molecular flexibility index (Phi) is 6.16. The van der Waals surface area contributed by atoms with Gasteiger partial charge in [-0.2, -0.15) is 0 Å². The number of amides is 1. The monoisotopic (exact) mass is 440 g/mol. The third-order valence-corrected chi connectivity index (χ3v) is 6.56. The van der Waals surface area contributed by atoms with Crippen LogP contribution in [-0.2, 0) is 35.4 Å². The Balaban J connectivity index is 1.37. The molecule has 0 spiro atoms. The van der Waals surface area contributed by atoms with Gasteiger partial charge < -0.3 is 10.0 Å². The first-order chi connectivity index (χ1) is 14.5. The summed E-state index contributed by atoms with van der Waals surface area (Å²) < 4.78 is 0. The molecule has 154 valence electrons. The molecule has 0 radical (unpaired) electrons. The van der Waals surface area contributed by atoms with Gasteiger partial charge in [0, 0.05) is 29.3 Å². The highest BCUT2D eigenvalue weighted by atomic mass is 35.5. The molecule has 1 N–H and O–H groups in total. The van der Waals surface area contributed by atoms with Gasteiger partial charge in [-0.3, -0.25) is 9.59 Å². The predicted octanol–water partition coefficient (Wildman–Crippen LogP) is 4.61. The van der Waals surface area contributed by atoms with Gasteiger partial charge in [-0.25, -0.2) is 4.98 Å². The van der Waals surface area contributed by atoms with Crippen molar-refractivity contribution in [2.75, 3.05) is 6.54 Å². The van der Waals surface area contributed by atoms with E-state index in [0.29, 0.717) is 31.0 Å². The average Bonchev–Trinajstić information content (AvgIpc) is 3.15. The molecule has 0 saturated carbocycles. The maximum atomic E-state index is 12.8. The van der Waals surface area contributed by atoms with Crippen LogP contribution in [-0.4, -0.2) is 33.4 Å². The molecule has 0 atom stereocenters. The normalized spacial score (nSPS) is 13.2. The zero-order chi connectivity index (χ0) is 21.1. The summed E-state index contributed by atoms with van der Waals surface area (Å²) in [5.74, 6) is -0.720. The first kappa shape index (κ1) is 20.6. The molecule has 0 unspecified atom stereocenters. The summed E-state index contributed by atoms with van der Waals surface area (Å²) >= 11 is 7.48. The lowest BCUT2D eigenvalue weighted by molar-refractivity contribution is -0.137. The first-order valence-corrected chi connectivity index (χ1v) is 11.0. The van der Waals surface area contributed by atoms with Gasteiger partial charge in [-0.05, 0) is 28.8 Å². The number of aryl methyl sites for hydroxylation is 1. The third kappa shape index (κ3) is 4.89. The number of aromatic nitrogens is 1. The van der Waals surface area contributed by atoms with Crippen molar-refractivity contribution >= 4 is 34.8 Å². The van der Waals surface area contributed by atoms with Crippen LogP contribution in [0.15, 0.2) is 48.5 Å². The molecule has 3 aromatic rings. The number of thiazole rings is 1. The largest absolute Gasteiger partial charge is 0.481 e. The lowest BCUT2D eigenvalue weighted by atomic mass is 10.0. The summed E-state index contributed by atoms with van der Waals surface area (Å²) in [6.45, 7) is 1.21. The fourth-order valence-electron chi connectivity index (χ4n) is 3.53. The van der Waals surface area contributed by atoms with E-state index in [-0.39, 0.29) is 12.3 Å². The topological polar surface area (TPSA) is 70.5 Å². The number of carbonyl (C=O) groups excluding carboxylic acids is 1. The standard InChI is InChI=1S/C23H21ClN2O3S/c24-18-7-5-17(6-8-18)16-3-1-15(2-4-16)13-22(27)26-12-11-19-20(14-26)30-21(25-19)9-10-23(28)29/h1-8H,9-14H2,(H,28,29). The van der Waals surface area contributed by atoms with Gasteiger partial charge in [0.2, 0.25) is 5.91 Å². The highest BCUT2D eigenvalue weighted by molar-refractivity contribution is 7.11. The van der Waals surface area contributed by atoms with Crippen molar-refractivity contribution in [3.05, 3.63) is 74.7 Å². The third-order valence-electron chi connectivity index (χ3n) is 5.17. The van der Waals surface area contributed by atoms with Crippen molar-refractivity contribution < 1.29 is 14.7 Å². The summed E-state index contributed by atoms with van der Waals surface area (Å²) in [5.41, 5.74) is 4.17. The Bertz CT molecular complexity index is 1060. The molecular formula is C23H21ClN2O3S. The highest BCUT2D eigenvalue weighted by Crippen LogP contribution is 2.27. The minimum atomic E-state index is -0.818. The van der Waals surface area contributed by atoms with Crippen LogP contribution in [0.3, 0.4) is 0 Å². The highest BCUT2D eigenvalue weighted by Gasteiger charge is 2.24. The van der Waals surface area contributed by atoms with Gasteiger partial charge in [0.05, 0.1) is 30.1 Å². The van der Waals surface area contributed by atoms with Crippen molar-refractivity contribution in [3.63, 3.8) is 0 Å². The maximum absolute atomic E-state index is 12.8. The lowest BCUT2D eigenvalue weighted by Crippen LogP contribution is -2.36. The molecule has 7 heteroatoms. The van der Waals surface area contributed by atoms with Crippen molar-refractivity contribution in [1.82, 2.24) is 9.88 Å². The lowest BCUT2D eigenvalue weighted by Gasteiger charge is -2.26. The van der Waals surface area contributed by atoms with Gasteiger partial charge in [0.1, 0.15) is 0 Å². The predicted molar refractivity (Wildman–Crippen MR) is 118 cm³/mol. The van der Waals surface area contributed by atoms with E-state index in [1.54, 1.807) is 0 Å². The smallest absolute Gasteiger partial charge is 0.303 e. The van der Waals surface area contributed by atoms with Crippen LogP contribution < -0.4 is 0 Å². The Hall–Kier alpha value is -2.70. The average molecular weight is 441 g/mol. The fraction of sp³-hybridized carbons (Fsp3) is 0.261. The van der Waals surface area contributed by atoms with E-state index >= 15 is 0 Å². The van der Waals surface area contributed by atoms with Crippen molar-refractivity contribution in [3.8, 4) is 11.1 Å². The van der Waals surface area contributed by atoms with E-state index in [9.17, 15) is 9.59 Å². The Morgan fingerprint density at radius 2 is 1.73 bits per heavy atom. The van der Waals surface area contributed by atoms with Gasteiger partial charge in [0.15, 0.2) is 0 Å². The van der Waals surface area contributed by atoms with Crippen LogP contribution in [0.5, 0.6) is 0 Å². The Labute approximate surface area is 183 Å². The number of carboxylic acids is 1. The zero-order valence-electron chi connectivity index (χ0n) is 16.3. The number of carboxylic acid groups (broad SMARTS) is 1. The Morgan fingerprint density at radius 3 is 2.40 bits per heavy atom. The first-order valence-electron chi connectivity index (χ1n) is 9.80. The van der Waals surface area contributed by atoms with Crippen LogP contribution >= 0.6 is 22.9 Å². The Morgan fingerprint density at radius 1 is 1.07 bits per heavy atom. The summed E-state index contributed by atoms with van der Waals surface area (Å²) in [6.07, 6.45) is 1.61. The zero-order valence-corrected chi connectivity index (χ0v) is 17.9. The van der Waals surface area contributed by atoms with E-state index in [0.717, 1.165) is 38.7 Å². The molecule has 0 bridgehead atoms. The van der Waals surface area contributed by atoms with Crippen LogP contribution in [0.4, 0.5) is 0 Å². The molecule has 2 heterocycles. The van der Waals surface area contributed by atoms with E-state index in [1.807, 2.05) is 53.4 Å². The van der Waals surface area contributed by atoms with Crippen LogP contribution in [0.2, 0.25) is 5.02 Å². The number of hydrogen-bond donors (Lipinski definition) is 1. The summed E-state index contributed by atoms with van der Waals surface area (Å²) in [4.78, 5) is 31.1. The number of carbonyl (C=O) groups is 2. The second-order valence-electron chi connectivity index (χ2n) is 7.32. The number of fused-ring (bicyclic) bond motifs is 1. The van der Waals surface area contributed by atoms with E-state index in [1.165, 1.54) is 11.3 Å². The molecule has 5 nitrogen and oxygen atoms in total. The van der Waals surface area contributed by atoms with E-state index < -0.39 is 5.97 Å². The number of aliphatic carboxylic acids is 1. The number of rotatable bonds is 6. The maximum Gasteiger partial charge on any atom is 0.303 e. The molecule has 4 rings (SSSR count). The number of hydrogen-bond acceptors (Lipinski definition) is 4. The number of halogens is 1. The molecule has 1 amide bonds. The summed E-state index contributed by atoms with van der Waals surface area (Å²) in [5, 5.41) is 10.4. The van der Waals surface area contributed by atoms with Gasteiger partial charge in [0.25, 0.3) is 0 Å². The number of nitrogens with zero attached hydrogens (tertiary/aromatic N) is 2. The second-order valence-corrected chi connectivity index (χ2v) is 8.92. The van der Waals surface area contributed by atoms with Crippen LogP contribution in [0.1, 0.15) is 27.6 Å².